The highest BCUT2D eigenvalue weighted by atomic mass is 15.0. The Kier molecular flexibility index (Phi) is 4.46. The summed E-state index contributed by atoms with van der Waals surface area (Å²) in [5.41, 5.74) is 1.34. The molecule has 2 heterocycles. The Bertz CT molecular complexity index is 373. The minimum atomic E-state index is 0.698. The van der Waals surface area contributed by atoms with Gasteiger partial charge in [0.15, 0.2) is 0 Å². The number of nitrogens with one attached hydrogen (secondary N) is 2. The molecular formula is C16H25N3. The molecule has 3 heteroatoms. The van der Waals surface area contributed by atoms with Gasteiger partial charge in [-0.2, -0.15) is 0 Å². The van der Waals surface area contributed by atoms with Crippen molar-refractivity contribution >= 4 is 0 Å². The maximum absolute atomic E-state index is 4.08. The molecule has 0 amide bonds. The second-order valence-corrected chi connectivity index (χ2v) is 5.99. The van der Waals surface area contributed by atoms with Crippen LogP contribution in [0.15, 0.2) is 24.5 Å². The first kappa shape index (κ1) is 13.1. The van der Waals surface area contributed by atoms with Gasteiger partial charge in [-0.25, -0.2) is 0 Å². The molecule has 1 saturated heterocycles. The fourth-order valence-electron chi connectivity index (χ4n) is 3.72. The van der Waals surface area contributed by atoms with Crippen LogP contribution < -0.4 is 10.6 Å². The van der Waals surface area contributed by atoms with Gasteiger partial charge in [0.2, 0.25) is 0 Å². The normalized spacial score (nSPS) is 31.5. The van der Waals surface area contributed by atoms with Gasteiger partial charge in [-0.3, -0.25) is 4.98 Å². The number of aromatic nitrogens is 1. The van der Waals surface area contributed by atoms with Crippen molar-refractivity contribution in [1.82, 2.24) is 15.6 Å². The summed E-state index contributed by atoms with van der Waals surface area (Å²) in [6, 6.07) is 5.67. The van der Waals surface area contributed by atoms with Crippen LogP contribution in [0.3, 0.4) is 0 Å². The molecule has 0 spiro atoms. The van der Waals surface area contributed by atoms with Gasteiger partial charge in [0.25, 0.3) is 0 Å². The molecule has 19 heavy (non-hydrogen) atoms. The Hall–Kier alpha value is -0.930. The molecule has 3 atom stereocenters. The Morgan fingerprint density at radius 1 is 1.11 bits per heavy atom. The van der Waals surface area contributed by atoms with E-state index in [-0.39, 0.29) is 0 Å². The SMILES string of the molecule is c1cc(CNC2CCCC2C2CCCCN2)ccn1. The summed E-state index contributed by atoms with van der Waals surface area (Å²) in [7, 11) is 0. The number of pyridine rings is 1. The van der Waals surface area contributed by atoms with E-state index in [0.29, 0.717) is 6.04 Å². The Balaban J connectivity index is 1.54. The Labute approximate surface area is 116 Å². The van der Waals surface area contributed by atoms with E-state index in [1.165, 1.54) is 50.6 Å². The fourth-order valence-corrected chi connectivity index (χ4v) is 3.72. The summed E-state index contributed by atoms with van der Waals surface area (Å²) in [6.07, 6.45) is 12.0. The van der Waals surface area contributed by atoms with E-state index in [9.17, 15) is 0 Å². The van der Waals surface area contributed by atoms with Gasteiger partial charge in [0, 0.05) is 31.0 Å². The third kappa shape index (κ3) is 3.34. The monoisotopic (exact) mass is 259 g/mol. The molecule has 1 aliphatic carbocycles. The smallest absolute Gasteiger partial charge is 0.0271 e. The highest BCUT2D eigenvalue weighted by Crippen LogP contribution is 2.31. The number of rotatable bonds is 4. The summed E-state index contributed by atoms with van der Waals surface area (Å²) >= 11 is 0. The Morgan fingerprint density at radius 3 is 2.79 bits per heavy atom. The van der Waals surface area contributed by atoms with Gasteiger partial charge in [-0.1, -0.05) is 12.8 Å². The van der Waals surface area contributed by atoms with Crippen molar-refractivity contribution in [2.24, 2.45) is 5.92 Å². The highest BCUT2D eigenvalue weighted by molar-refractivity contribution is 5.09. The van der Waals surface area contributed by atoms with Gasteiger partial charge in [0.1, 0.15) is 0 Å². The average Bonchev–Trinajstić information content (AvgIpc) is 2.95. The summed E-state index contributed by atoms with van der Waals surface area (Å²) in [5, 5.41) is 7.52. The lowest BCUT2D eigenvalue weighted by Gasteiger charge is -2.33. The molecule has 0 radical (unpaired) electrons. The van der Waals surface area contributed by atoms with Crippen molar-refractivity contribution < 1.29 is 0 Å². The van der Waals surface area contributed by atoms with Gasteiger partial charge in [-0.05, 0) is 55.8 Å². The van der Waals surface area contributed by atoms with Crippen LogP contribution in [0.1, 0.15) is 44.1 Å². The van der Waals surface area contributed by atoms with Crippen LogP contribution in [0.25, 0.3) is 0 Å². The highest BCUT2D eigenvalue weighted by Gasteiger charge is 2.33. The first-order valence-corrected chi connectivity index (χ1v) is 7.79. The summed E-state index contributed by atoms with van der Waals surface area (Å²) in [4.78, 5) is 4.08. The van der Waals surface area contributed by atoms with Crippen molar-refractivity contribution in [3.8, 4) is 0 Å². The average molecular weight is 259 g/mol. The van der Waals surface area contributed by atoms with Crippen LogP contribution in [0.5, 0.6) is 0 Å². The minimum absolute atomic E-state index is 0.698. The molecule has 1 aliphatic heterocycles. The zero-order chi connectivity index (χ0) is 12.9. The minimum Gasteiger partial charge on any atom is -0.314 e. The molecule has 2 fully saturated rings. The Morgan fingerprint density at radius 2 is 2.00 bits per heavy atom. The standard InChI is InChI=1S/C16H25N3/c1-2-9-18-15(5-1)14-4-3-6-16(14)19-12-13-7-10-17-11-8-13/h7-8,10-11,14-16,18-19H,1-6,9,12H2. The van der Waals surface area contributed by atoms with Crippen molar-refractivity contribution in [2.75, 3.05) is 6.54 Å². The third-order valence-corrected chi connectivity index (χ3v) is 4.75. The topological polar surface area (TPSA) is 37.0 Å². The lowest BCUT2D eigenvalue weighted by molar-refractivity contribution is 0.257. The maximum atomic E-state index is 4.08. The third-order valence-electron chi connectivity index (χ3n) is 4.75. The van der Waals surface area contributed by atoms with E-state index >= 15 is 0 Å². The largest absolute Gasteiger partial charge is 0.314 e. The van der Waals surface area contributed by atoms with Gasteiger partial charge >= 0.3 is 0 Å². The maximum Gasteiger partial charge on any atom is 0.0271 e. The zero-order valence-corrected chi connectivity index (χ0v) is 11.6. The first-order chi connectivity index (χ1) is 9.43. The van der Waals surface area contributed by atoms with Gasteiger partial charge < -0.3 is 10.6 Å². The molecule has 3 nitrogen and oxygen atoms in total. The van der Waals surface area contributed by atoms with E-state index in [4.69, 9.17) is 0 Å². The van der Waals surface area contributed by atoms with E-state index in [2.05, 4.69) is 27.8 Å². The molecular weight excluding hydrogens is 234 g/mol. The molecule has 0 bridgehead atoms. The van der Waals surface area contributed by atoms with E-state index < -0.39 is 0 Å². The van der Waals surface area contributed by atoms with E-state index in [1.54, 1.807) is 0 Å². The zero-order valence-electron chi connectivity index (χ0n) is 11.6. The second-order valence-electron chi connectivity index (χ2n) is 5.99. The predicted octanol–water partition coefficient (Wildman–Crippen LogP) is 2.48. The fraction of sp³-hybridized carbons (Fsp3) is 0.688. The van der Waals surface area contributed by atoms with Crippen molar-refractivity contribution in [1.29, 1.82) is 0 Å². The molecule has 104 valence electrons. The van der Waals surface area contributed by atoms with Crippen LogP contribution in [0, 0.1) is 5.92 Å². The molecule has 3 rings (SSSR count). The van der Waals surface area contributed by atoms with Gasteiger partial charge in [-0.15, -0.1) is 0 Å². The van der Waals surface area contributed by atoms with Gasteiger partial charge in [0.05, 0.1) is 0 Å². The molecule has 1 aromatic rings. The molecule has 0 aromatic carbocycles. The first-order valence-electron chi connectivity index (χ1n) is 7.79. The number of hydrogen-bond acceptors (Lipinski definition) is 3. The van der Waals surface area contributed by atoms with Crippen LogP contribution in [-0.4, -0.2) is 23.6 Å². The summed E-state index contributed by atoms with van der Waals surface area (Å²) < 4.78 is 0. The molecule has 1 saturated carbocycles. The molecule has 3 unspecified atom stereocenters. The molecule has 2 N–H and O–H groups in total. The van der Waals surface area contributed by atoms with E-state index in [0.717, 1.165) is 18.5 Å². The van der Waals surface area contributed by atoms with Crippen molar-refractivity contribution in [3.05, 3.63) is 30.1 Å². The summed E-state index contributed by atoms with van der Waals surface area (Å²) in [5.74, 6) is 0.835. The van der Waals surface area contributed by atoms with Crippen LogP contribution in [-0.2, 0) is 6.54 Å². The number of hydrogen-bond donors (Lipinski definition) is 2. The van der Waals surface area contributed by atoms with Crippen LogP contribution in [0.2, 0.25) is 0 Å². The number of nitrogens with zero attached hydrogens (tertiary/aromatic N) is 1. The van der Waals surface area contributed by atoms with Crippen LogP contribution in [0.4, 0.5) is 0 Å². The van der Waals surface area contributed by atoms with Crippen molar-refractivity contribution in [3.63, 3.8) is 0 Å². The molecule has 1 aromatic heterocycles. The van der Waals surface area contributed by atoms with Crippen molar-refractivity contribution in [2.45, 2.75) is 57.2 Å². The number of piperidine rings is 1. The predicted molar refractivity (Wildman–Crippen MR) is 77.8 cm³/mol. The quantitative estimate of drug-likeness (QED) is 0.872. The lowest BCUT2D eigenvalue weighted by atomic mass is 9.88. The second kappa shape index (κ2) is 6.49. The lowest BCUT2D eigenvalue weighted by Crippen LogP contribution is -2.46. The van der Waals surface area contributed by atoms with Crippen LogP contribution >= 0.6 is 0 Å². The molecule has 2 aliphatic rings. The summed E-state index contributed by atoms with van der Waals surface area (Å²) in [6.45, 7) is 2.20. The van der Waals surface area contributed by atoms with E-state index in [1.807, 2.05) is 12.4 Å².